The fraction of sp³-hybridized carbons (Fsp3) is 0.286. The molecule has 0 saturated carbocycles. The van der Waals surface area contributed by atoms with Gasteiger partial charge in [0.15, 0.2) is 0 Å². The standard InChI is InChI=1S/C21H23NO3/c1-4-7-14-8-5-9-15(13(2)3)20(14)22-19(24)12-17-16(21(22)25)10-6-11-18(17)23/h5-6,8-13,23,25H,4,7H2,1-3H3. The average molecular weight is 337 g/mol. The lowest BCUT2D eigenvalue weighted by molar-refractivity contribution is 0.440. The van der Waals surface area contributed by atoms with Crippen LogP contribution < -0.4 is 5.56 Å². The molecule has 0 aliphatic carbocycles. The molecule has 0 atom stereocenters. The number of fused-ring (bicyclic) bond motifs is 1. The molecule has 1 aromatic heterocycles. The Hall–Kier alpha value is -2.75. The van der Waals surface area contributed by atoms with Crippen molar-refractivity contribution in [2.75, 3.05) is 0 Å². The Morgan fingerprint density at radius 1 is 1.04 bits per heavy atom. The van der Waals surface area contributed by atoms with Gasteiger partial charge in [0.1, 0.15) is 5.75 Å². The molecule has 0 amide bonds. The Labute approximate surface area is 147 Å². The van der Waals surface area contributed by atoms with E-state index in [1.54, 1.807) is 12.1 Å². The summed E-state index contributed by atoms with van der Waals surface area (Å²) < 4.78 is 1.38. The molecule has 4 nitrogen and oxygen atoms in total. The summed E-state index contributed by atoms with van der Waals surface area (Å²) in [6, 6.07) is 12.3. The van der Waals surface area contributed by atoms with Gasteiger partial charge in [-0.2, -0.15) is 0 Å². The van der Waals surface area contributed by atoms with Crippen molar-refractivity contribution in [3.63, 3.8) is 0 Å². The van der Waals surface area contributed by atoms with E-state index in [4.69, 9.17) is 0 Å². The Bertz CT molecular complexity index is 986. The number of aromatic nitrogens is 1. The number of hydrogen-bond donors (Lipinski definition) is 2. The van der Waals surface area contributed by atoms with E-state index in [0.717, 1.165) is 29.7 Å². The Morgan fingerprint density at radius 3 is 2.44 bits per heavy atom. The van der Waals surface area contributed by atoms with Gasteiger partial charge in [-0.3, -0.25) is 4.79 Å². The van der Waals surface area contributed by atoms with Crippen LogP contribution in [0.15, 0.2) is 47.3 Å². The molecule has 130 valence electrons. The highest BCUT2D eigenvalue weighted by atomic mass is 16.3. The van der Waals surface area contributed by atoms with Gasteiger partial charge in [-0.1, -0.05) is 51.5 Å². The number of pyridine rings is 1. The van der Waals surface area contributed by atoms with Crippen LogP contribution in [0.3, 0.4) is 0 Å². The summed E-state index contributed by atoms with van der Waals surface area (Å²) in [7, 11) is 0. The van der Waals surface area contributed by atoms with Crippen LogP contribution >= 0.6 is 0 Å². The average Bonchev–Trinajstić information content (AvgIpc) is 2.57. The van der Waals surface area contributed by atoms with Gasteiger partial charge in [-0.15, -0.1) is 0 Å². The van der Waals surface area contributed by atoms with Crippen molar-refractivity contribution in [2.45, 2.75) is 39.5 Å². The third kappa shape index (κ3) is 2.88. The summed E-state index contributed by atoms with van der Waals surface area (Å²) in [6.07, 6.45) is 1.76. The van der Waals surface area contributed by atoms with E-state index in [-0.39, 0.29) is 23.1 Å². The number of nitrogens with zero attached hydrogens (tertiary/aromatic N) is 1. The highest BCUT2D eigenvalue weighted by molar-refractivity contribution is 5.92. The molecule has 0 saturated heterocycles. The van der Waals surface area contributed by atoms with Gasteiger partial charge in [-0.05, 0) is 35.6 Å². The number of para-hydroxylation sites is 1. The maximum atomic E-state index is 12.8. The van der Waals surface area contributed by atoms with Gasteiger partial charge >= 0.3 is 0 Å². The summed E-state index contributed by atoms with van der Waals surface area (Å²) in [5.41, 5.74) is 2.46. The van der Waals surface area contributed by atoms with E-state index >= 15 is 0 Å². The molecule has 0 fully saturated rings. The predicted octanol–water partition coefficient (Wildman–Crippen LogP) is 4.48. The van der Waals surface area contributed by atoms with E-state index in [0.29, 0.717) is 10.8 Å². The summed E-state index contributed by atoms with van der Waals surface area (Å²) in [5.74, 6) is 0.0600. The van der Waals surface area contributed by atoms with E-state index < -0.39 is 0 Å². The van der Waals surface area contributed by atoms with Gasteiger partial charge in [-0.25, -0.2) is 4.57 Å². The first-order valence-corrected chi connectivity index (χ1v) is 8.64. The fourth-order valence-corrected chi connectivity index (χ4v) is 3.35. The second kappa shape index (κ2) is 6.63. The first-order chi connectivity index (χ1) is 12.0. The molecular formula is C21H23NO3. The Balaban J connectivity index is 2.43. The lowest BCUT2D eigenvalue weighted by atomic mass is 9.95. The largest absolute Gasteiger partial charge is 0.507 e. The first-order valence-electron chi connectivity index (χ1n) is 8.64. The van der Waals surface area contributed by atoms with Crippen molar-refractivity contribution in [1.82, 2.24) is 4.57 Å². The lowest BCUT2D eigenvalue weighted by Crippen LogP contribution is -2.20. The summed E-state index contributed by atoms with van der Waals surface area (Å²) >= 11 is 0. The molecule has 0 unspecified atom stereocenters. The molecule has 25 heavy (non-hydrogen) atoms. The molecule has 2 N–H and O–H groups in total. The quantitative estimate of drug-likeness (QED) is 0.738. The van der Waals surface area contributed by atoms with E-state index in [1.807, 2.05) is 18.2 Å². The molecule has 0 spiro atoms. The predicted molar refractivity (Wildman–Crippen MR) is 101 cm³/mol. The molecule has 4 heteroatoms. The van der Waals surface area contributed by atoms with Crippen LogP contribution in [-0.2, 0) is 6.42 Å². The van der Waals surface area contributed by atoms with E-state index in [2.05, 4.69) is 20.8 Å². The fourth-order valence-electron chi connectivity index (χ4n) is 3.35. The molecule has 0 radical (unpaired) electrons. The second-order valence-corrected chi connectivity index (χ2v) is 6.64. The lowest BCUT2D eigenvalue weighted by Gasteiger charge is -2.20. The molecule has 0 aliphatic rings. The molecule has 1 heterocycles. The zero-order valence-corrected chi connectivity index (χ0v) is 14.8. The minimum Gasteiger partial charge on any atom is -0.507 e. The van der Waals surface area contributed by atoms with Crippen LogP contribution in [0.1, 0.15) is 44.2 Å². The van der Waals surface area contributed by atoms with Gasteiger partial charge in [0.2, 0.25) is 5.88 Å². The molecule has 3 aromatic rings. The van der Waals surface area contributed by atoms with Gasteiger partial charge < -0.3 is 10.2 Å². The smallest absolute Gasteiger partial charge is 0.258 e. The summed E-state index contributed by atoms with van der Waals surface area (Å²) in [4.78, 5) is 12.8. The van der Waals surface area contributed by atoms with Crippen molar-refractivity contribution >= 4 is 10.8 Å². The number of aromatic hydroxyl groups is 2. The topological polar surface area (TPSA) is 62.5 Å². The van der Waals surface area contributed by atoms with Crippen molar-refractivity contribution in [3.8, 4) is 17.3 Å². The van der Waals surface area contributed by atoms with Crippen LogP contribution in [-0.4, -0.2) is 14.8 Å². The molecule has 0 aliphatic heterocycles. The second-order valence-electron chi connectivity index (χ2n) is 6.64. The minimum absolute atomic E-state index is 0.0111. The van der Waals surface area contributed by atoms with Gasteiger partial charge in [0.05, 0.1) is 5.69 Å². The van der Waals surface area contributed by atoms with Crippen LogP contribution in [0.4, 0.5) is 0 Å². The summed E-state index contributed by atoms with van der Waals surface area (Å²) in [6.45, 7) is 6.24. The number of hydrogen-bond acceptors (Lipinski definition) is 3. The number of rotatable bonds is 4. The van der Waals surface area contributed by atoms with Gasteiger partial charge in [0, 0.05) is 16.8 Å². The van der Waals surface area contributed by atoms with Gasteiger partial charge in [0.25, 0.3) is 5.56 Å². The third-order valence-corrected chi connectivity index (χ3v) is 4.54. The Morgan fingerprint density at radius 2 is 1.76 bits per heavy atom. The molecule has 0 bridgehead atoms. The van der Waals surface area contributed by atoms with Crippen LogP contribution in [0.5, 0.6) is 11.6 Å². The summed E-state index contributed by atoms with van der Waals surface area (Å²) in [5, 5.41) is 21.7. The maximum Gasteiger partial charge on any atom is 0.258 e. The van der Waals surface area contributed by atoms with Crippen LogP contribution in [0.25, 0.3) is 16.5 Å². The minimum atomic E-state index is -0.350. The maximum absolute atomic E-state index is 12.8. The number of aryl methyl sites for hydroxylation is 1. The van der Waals surface area contributed by atoms with E-state index in [9.17, 15) is 15.0 Å². The zero-order chi connectivity index (χ0) is 18.1. The van der Waals surface area contributed by atoms with Crippen LogP contribution in [0, 0.1) is 0 Å². The van der Waals surface area contributed by atoms with Crippen molar-refractivity contribution in [1.29, 1.82) is 0 Å². The molecular weight excluding hydrogens is 314 g/mol. The number of benzene rings is 2. The molecule has 2 aromatic carbocycles. The van der Waals surface area contributed by atoms with E-state index in [1.165, 1.54) is 16.7 Å². The first kappa shape index (κ1) is 17.1. The normalized spacial score (nSPS) is 11.4. The zero-order valence-electron chi connectivity index (χ0n) is 14.8. The number of phenols is 1. The van der Waals surface area contributed by atoms with Crippen molar-refractivity contribution in [2.24, 2.45) is 0 Å². The highest BCUT2D eigenvalue weighted by Gasteiger charge is 2.19. The van der Waals surface area contributed by atoms with Crippen molar-refractivity contribution in [3.05, 3.63) is 63.9 Å². The van der Waals surface area contributed by atoms with Crippen molar-refractivity contribution < 1.29 is 10.2 Å². The SMILES string of the molecule is CCCc1cccc(C(C)C)c1-n1c(O)c2cccc(O)c2cc1=O. The molecule has 3 rings (SSSR count). The highest BCUT2D eigenvalue weighted by Crippen LogP contribution is 2.34. The Kier molecular flexibility index (Phi) is 4.53. The third-order valence-electron chi connectivity index (χ3n) is 4.54. The monoisotopic (exact) mass is 337 g/mol. The number of phenolic OH excluding ortho intramolecular Hbond substituents is 1. The van der Waals surface area contributed by atoms with Crippen LogP contribution in [0.2, 0.25) is 0 Å².